The number of hydrogen-bond acceptors (Lipinski definition) is 7. The first-order chi connectivity index (χ1) is 16.5. The number of unbranched alkanes of at least 4 members (excludes halogenated alkanes) is 4. The van der Waals surface area contributed by atoms with Gasteiger partial charge in [0, 0.05) is 26.4 Å². The molecule has 1 heterocycles. The first kappa shape index (κ1) is 29.5. The van der Waals surface area contributed by atoms with Crippen molar-refractivity contribution in [3.8, 4) is 0 Å². The van der Waals surface area contributed by atoms with Gasteiger partial charge in [-0.2, -0.15) is 4.39 Å². The van der Waals surface area contributed by atoms with Crippen LogP contribution in [0.4, 0.5) is 9.18 Å². The molecule has 0 aliphatic carbocycles. The van der Waals surface area contributed by atoms with Gasteiger partial charge in [-0.3, -0.25) is 28.7 Å². The number of ether oxygens (including phenoxy) is 1. The fourth-order valence-electron chi connectivity index (χ4n) is 3.17. The van der Waals surface area contributed by atoms with Gasteiger partial charge in [0.15, 0.2) is 12.5 Å². The molecule has 0 radical (unpaired) electrons. The third-order valence-electron chi connectivity index (χ3n) is 5.16. The van der Waals surface area contributed by atoms with Gasteiger partial charge in [-0.25, -0.2) is 9.59 Å². The van der Waals surface area contributed by atoms with Crippen molar-refractivity contribution in [2.45, 2.75) is 77.5 Å². The molecule has 0 spiro atoms. The van der Waals surface area contributed by atoms with Crippen molar-refractivity contribution in [1.29, 1.82) is 0 Å². The maximum atomic E-state index is 13.3. The van der Waals surface area contributed by atoms with Crippen molar-refractivity contribution in [2.24, 2.45) is 5.73 Å². The Bertz CT molecular complexity index is 991. The highest BCUT2D eigenvalue weighted by atomic mass is 19.1. The van der Waals surface area contributed by atoms with E-state index >= 15 is 0 Å². The second kappa shape index (κ2) is 15.4. The number of primary amides is 1. The lowest BCUT2D eigenvalue weighted by atomic mass is 10.0. The Labute approximate surface area is 202 Å². The first-order valence-corrected chi connectivity index (χ1v) is 11.5. The Hall–Kier alpha value is -3.51. The normalized spacial score (nSPS) is 11.5. The molecule has 35 heavy (non-hydrogen) atoms. The Balaban J connectivity index is 2.48. The van der Waals surface area contributed by atoms with E-state index in [4.69, 9.17) is 10.5 Å². The standard InChI is InChI=1S/C22H34FN5O7/c1-3-4-5-6-7-10-19(31)25-16(12-18(24)30)17(29)9-8-11-27(2)22(34)35-14-28-13-15(23)20(32)26-21(28)33/h13,16H,3-12,14H2,1-2H3,(H2,24,30)(H,25,31)(H,26,32,33)/t16-/m1/s1. The van der Waals surface area contributed by atoms with Gasteiger partial charge >= 0.3 is 11.8 Å². The minimum Gasteiger partial charge on any atom is -0.427 e. The van der Waals surface area contributed by atoms with Crippen LogP contribution in [0.25, 0.3) is 0 Å². The zero-order chi connectivity index (χ0) is 26.4. The van der Waals surface area contributed by atoms with Crippen LogP contribution in [0.1, 0.15) is 64.7 Å². The molecule has 1 aromatic rings. The number of amides is 3. The number of carbonyl (C=O) groups is 4. The van der Waals surface area contributed by atoms with Gasteiger partial charge in [0.2, 0.25) is 17.6 Å². The maximum absolute atomic E-state index is 13.3. The molecule has 13 heteroatoms. The van der Waals surface area contributed by atoms with Crippen LogP contribution in [-0.4, -0.2) is 57.8 Å². The summed E-state index contributed by atoms with van der Waals surface area (Å²) in [5, 5.41) is 2.57. The zero-order valence-electron chi connectivity index (χ0n) is 20.1. The average Bonchev–Trinajstić information content (AvgIpc) is 2.79. The van der Waals surface area contributed by atoms with E-state index in [1.165, 1.54) is 7.05 Å². The summed E-state index contributed by atoms with van der Waals surface area (Å²) >= 11 is 0. The monoisotopic (exact) mass is 499 g/mol. The molecule has 196 valence electrons. The number of nitrogens with zero attached hydrogens (tertiary/aromatic N) is 2. The van der Waals surface area contributed by atoms with Crippen LogP contribution in [0.2, 0.25) is 0 Å². The van der Waals surface area contributed by atoms with Crippen molar-refractivity contribution in [3.05, 3.63) is 32.9 Å². The van der Waals surface area contributed by atoms with E-state index in [0.717, 1.165) is 30.6 Å². The number of nitrogens with one attached hydrogen (secondary N) is 2. The van der Waals surface area contributed by atoms with E-state index in [1.54, 1.807) is 4.98 Å². The average molecular weight is 500 g/mol. The van der Waals surface area contributed by atoms with Crippen LogP contribution in [-0.2, 0) is 25.9 Å². The van der Waals surface area contributed by atoms with Crippen molar-refractivity contribution in [1.82, 2.24) is 19.8 Å². The van der Waals surface area contributed by atoms with Crippen LogP contribution >= 0.6 is 0 Å². The fraction of sp³-hybridized carbons (Fsp3) is 0.636. The third kappa shape index (κ3) is 11.5. The summed E-state index contributed by atoms with van der Waals surface area (Å²) in [5.74, 6) is -2.64. The minimum absolute atomic E-state index is 0.0308. The quantitative estimate of drug-likeness (QED) is 0.282. The Kier molecular flexibility index (Phi) is 13.0. The predicted molar refractivity (Wildman–Crippen MR) is 124 cm³/mol. The highest BCUT2D eigenvalue weighted by Crippen LogP contribution is 2.07. The lowest BCUT2D eigenvalue weighted by molar-refractivity contribution is -0.130. The number of aromatic amines is 1. The summed E-state index contributed by atoms with van der Waals surface area (Å²) in [6.07, 6.45) is 4.69. The molecule has 0 aromatic carbocycles. The number of hydrogen-bond donors (Lipinski definition) is 3. The summed E-state index contributed by atoms with van der Waals surface area (Å²) in [7, 11) is 1.39. The van der Waals surface area contributed by atoms with Crippen molar-refractivity contribution in [3.63, 3.8) is 0 Å². The summed E-state index contributed by atoms with van der Waals surface area (Å²) in [5.41, 5.74) is 3.08. The Morgan fingerprint density at radius 3 is 2.49 bits per heavy atom. The molecule has 0 aliphatic rings. The number of ketones is 1. The highest BCUT2D eigenvalue weighted by Gasteiger charge is 2.23. The number of halogens is 1. The van der Waals surface area contributed by atoms with Gasteiger partial charge in [0.25, 0.3) is 5.56 Å². The van der Waals surface area contributed by atoms with Gasteiger partial charge in [-0.1, -0.05) is 32.6 Å². The molecular formula is C22H34FN5O7. The smallest absolute Gasteiger partial charge is 0.411 e. The number of H-pyrrole nitrogens is 1. The second-order valence-electron chi connectivity index (χ2n) is 8.19. The topological polar surface area (TPSA) is 174 Å². The van der Waals surface area contributed by atoms with Crippen molar-refractivity contribution in [2.75, 3.05) is 13.6 Å². The Morgan fingerprint density at radius 1 is 1.14 bits per heavy atom. The van der Waals surface area contributed by atoms with Gasteiger partial charge in [0.05, 0.1) is 18.7 Å². The third-order valence-corrected chi connectivity index (χ3v) is 5.16. The molecule has 1 atom stereocenters. The predicted octanol–water partition coefficient (Wildman–Crippen LogP) is 0.772. The molecule has 0 aliphatic heterocycles. The lowest BCUT2D eigenvalue weighted by Gasteiger charge is -2.19. The zero-order valence-corrected chi connectivity index (χ0v) is 20.1. The number of aromatic nitrogens is 2. The van der Waals surface area contributed by atoms with Crippen LogP contribution in [0.15, 0.2) is 15.8 Å². The highest BCUT2D eigenvalue weighted by molar-refractivity contribution is 5.92. The number of carbonyl (C=O) groups excluding carboxylic acids is 4. The van der Waals surface area contributed by atoms with Gasteiger partial charge < -0.3 is 20.7 Å². The van der Waals surface area contributed by atoms with Gasteiger partial charge in [-0.15, -0.1) is 0 Å². The van der Waals surface area contributed by atoms with E-state index in [1.807, 2.05) is 0 Å². The maximum Gasteiger partial charge on any atom is 0.411 e. The fourth-order valence-corrected chi connectivity index (χ4v) is 3.17. The van der Waals surface area contributed by atoms with E-state index in [0.29, 0.717) is 17.2 Å². The molecule has 0 unspecified atom stereocenters. The van der Waals surface area contributed by atoms with Gasteiger partial charge in [-0.05, 0) is 12.8 Å². The van der Waals surface area contributed by atoms with E-state index < -0.39 is 41.8 Å². The second-order valence-corrected chi connectivity index (χ2v) is 8.19. The largest absolute Gasteiger partial charge is 0.427 e. The number of rotatable bonds is 16. The first-order valence-electron chi connectivity index (χ1n) is 11.5. The van der Waals surface area contributed by atoms with Crippen molar-refractivity contribution < 1.29 is 28.3 Å². The van der Waals surface area contributed by atoms with Crippen LogP contribution in [0.5, 0.6) is 0 Å². The van der Waals surface area contributed by atoms with Crippen LogP contribution in [0.3, 0.4) is 0 Å². The molecule has 0 fully saturated rings. The summed E-state index contributed by atoms with van der Waals surface area (Å²) in [6.45, 7) is 1.56. The molecule has 1 rings (SSSR count). The molecule has 1 aromatic heterocycles. The summed E-state index contributed by atoms with van der Waals surface area (Å²) < 4.78 is 18.8. The van der Waals surface area contributed by atoms with E-state index in [9.17, 15) is 33.2 Å². The Morgan fingerprint density at radius 2 is 1.83 bits per heavy atom. The van der Waals surface area contributed by atoms with E-state index in [2.05, 4.69) is 12.2 Å². The van der Waals surface area contributed by atoms with Crippen LogP contribution < -0.4 is 22.3 Å². The molecule has 0 bridgehead atoms. The number of nitrogens with two attached hydrogens (primary N) is 1. The molecule has 12 nitrogen and oxygen atoms in total. The number of Topliss-reactive ketones (excluding diaryl/α,β-unsaturated/α-hetero) is 1. The van der Waals surface area contributed by atoms with Gasteiger partial charge in [0.1, 0.15) is 0 Å². The lowest BCUT2D eigenvalue weighted by Crippen LogP contribution is -2.43. The molecule has 0 saturated carbocycles. The molecule has 3 amide bonds. The minimum atomic E-state index is -1.21. The molecule has 4 N–H and O–H groups in total. The molecule has 0 saturated heterocycles. The SMILES string of the molecule is CCCCCCCC(=O)N[C@H](CC(N)=O)C(=O)CCCN(C)C(=O)OCn1cc(F)c(=O)[nH]c1=O. The van der Waals surface area contributed by atoms with Crippen LogP contribution in [0, 0.1) is 5.82 Å². The van der Waals surface area contributed by atoms with E-state index in [-0.39, 0.29) is 43.9 Å². The molecular weight excluding hydrogens is 465 g/mol. The summed E-state index contributed by atoms with van der Waals surface area (Å²) in [4.78, 5) is 73.5. The summed E-state index contributed by atoms with van der Waals surface area (Å²) in [6, 6.07) is -1.03. The van der Waals surface area contributed by atoms with Crippen molar-refractivity contribution >= 4 is 23.7 Å².